The van der Waals surface area contributed by atoms with Gasteiger partial charge in [0.15, 0.2) is 48.6 Å². The third-order valence-electron chi connectivity index (χ3n) is 10.9. The van der Waals surface area contributed by atoms with Crippen LogP contribution in [0.3, 0.4) is 0 Å². The van der Waals surface area contributed by atoms with E-state index >= 15 is 0 Å². The van der Waals surface area contributed by atoms with E-state index in [9.17, 15) is 0 Å². The van der Waals surface area contributed by atoms with Crippen LogP contribution in [0.1, 0.15) is 11.1 Å². The number of rotatable bonds is 3. The normalized spacial score (nSPS) is 17.4. The Labute approximate surface area is 331 Å². The number of nitrogens with zero attached hydrogens (tertiary/aromatic N) is 4. The maximum absolute atomic E-state index is 2.30. The third-order valence-corrected chi connectivity index (χ3v) is 10.9. The molecular weight excluding hydrogens is 685 g/mol. The van der Waals surface area contributed by atoms with Gasteiger partial charge in [-0.25, -0.2) is 0 Å². The quantitative estimate of drug-likeness (QED) is 0.251. The van der Waals surface area contributed by atoms with Crippen molar-refractivity contribution in [1.29, 1.82) is 0 Å². The fourth-order valence-corrected chi connectivity index (χ4v) is 7.96. The first-order valence-electron chi connectivity index (χ1n) is 20.0. The molecule has 2 atom stereocenters. The van der Waals surface area contributed by atoms with Gasteiger partial charge in [0.1, 0.15) is 13.1 Å². The lowest BCUT2D eigenvalue weighted by molar-refractivity contribution is -0.898. The molecule has 4 aliphatic heterocycles. The van der Waals surface area contributed by atoms with Gasteiger partial charge in [0.25, 0.3) is 11.4 Å². The Hall–Kier alpha value is -6.34. The van der Waals surface area contributed by atoms with E-state index in [1.165, 1.54) is 80.8 Å². The molecule has 11 rings (SSSR count). The summed E-state index contributed by atoms with van der Waals surface area (Å²) >= 11 is 0. The van der Waals surface area contributed by atoms with Crippen LogP contribution in [0.25, 0.3) is 22.5 Å². The maximum Gasteiger partial charge on any atom is 0.277 e. The average molecular weight is 737 g/mol. The molecule has 2 unspecified atom stereocenters. The van der Waals surface area contributed by atoms with Crippen LogP contribution >= 0.6 is 0 Å². The molecule has 8 heterocycles. The number of allylic oxidation sites excluding steroid dienone is 6. The van der Waals surface area contributed by atoms with Gasteiger partial charge in [0.05, 0.1) is 12.4 Å². The molecule has 0 bridgehead atoms. The van der Waals surface area contributed by atoms with E-state index < -0.39 is 0 Å². The first kappa shape index (κ1) is 36.6. The summed E-state index contributed by atoms with van der Waals surface area (Å²) in [6.45, 7) is 6.53. The molecule has 6 heteroatoms. The van der Waals surface area contributed by atoms with Gasteiger partial charge >= 0.3 is 0 Å². The summed E-state index contributed by atoms with van der Waals surface area (Å²) in [6.07, 6.45) is 32.5. The highest BCUT2D eigenvalue weighted by Gasteiger charge is 2.31. The van der Waals surface area contributed by atoms with E-state index in [0.29, 0.717) is 0 Å². The van der Waals surface area contributed by atoms with Gasteiger partial charge in [-0.15, -0.1) is 0 Å². The van der Waals surface area contributed by atoms with E-state index in [2.05, 4.69) is 214 Å². The summed E-state index contributed by atoms with van der Waals surface area (Å²) in [5.74, 6) is 0. The van der Waals surface area contributed by atoms with E-state index in [1.54, 1.807) is 0 Å². The lowest BCUT2D eigenvalue weighted by Gasteiger charge is -2.28. The molecule has 2 N–H and O–H groups in total. The van der Waals surface area contributed by atoms with Gasteiger partial charge in [-0.3, -0.25) is 9.80 Å². The van der Waals surface area contributed by atoms with Gasteiger partial charge in [0, 0.05) is 60.7 Å². The Morgan fingerprint density at radius 1 is 0.411 bits per heavy atom. The number of benzene rings is 2. The molecule has 0 radical (unpaired) electrons. The van der Waals surface area contributed by atoms with E-state index in [0.717, 1.165) is 26.2 Å². The lowest BCUT2D eigenvalue weighted by Crippen LogP contribution is -3.20. The summed E-state index contributed by atoms with van der Waals surface area (Å²) in [5.41, 5.74) is 11.3. The molecule has 0 saturated carbocycles. The Morgan fingerprint density at radius 2 is 0.821 bits per heavy atom. The summed E-state index contributed by atoms with van der Waals surface area (Å²) in [4.78, 5) is 2.98. The van der Waals surface area contributed by atoms with Crippen LogP contribution in [0.15, 0.2) is 219 Å². The van der Waals surface area contributed by atoms with Crippen molar-refractivity contribution in [2.45, 2.75) is 39.0 Å². The highest BCUT2D eigenvalue weighted by molar-refractivity contribution is 5.72. The van der Waals surface area contributed by atoms with Crippen LogP contribution < -0.4 is 28.1 Å². The summed E-state index contributed by atoms with van der Waals surface area (Å²) < 4.78 is 8.96. The topological polar surface area (TPSA) is 24.4 Å². The van der Waals surface area contributed by atoms with Crippen molar-refractivity contribution in [3.63, 3.8) is 0 Å². The Bertz CT molecular complexity index is 2130. The van der Waals surface area contributed by atoms with Crippen molar-refractivity contribution in [3.8, 4) is 22.5 Å². The molecular formula is C50H52N6+6. The molecule has 1 aliphatic carbocycles. The molecule has 5 aliphatic rings. The number of pyridine rings is 4. The van der Waals surface area contributed by atoms with Crippen LogP contribution in [0.2, 0.25) is 0 Å². The van der Waals surface area contributed by atoms with Crippen molar-refractivity contribution in [1.82, 2.24) is 0 Å². The monoisotopic (exact) mass is 736 g/mol. The first-order valence-corrected chi connectivity index (χ1v) is 20.0. The van der Waals surface area contributed by atoms with Gasteiger partial charge in [0.2, 0.25) is 26.2 Å². The zero-order chi connectivity index (χ0) is 37.8. The number of nitrogens with one attached hydrogen (secondary N) is 2. The second-order valence-corrected chi connectivity index (χ2v) is 14.4. The highest BCUT2D eigenvalue weighted by atomic mass is 15.2. The van der Waals surface area contributed by atoms with E-state index in [1.807, 2.05) is 12.1 Å². The molecule has 4 aromatic heterocycles. The summed E-state index contributed by atoms with van der Waals surface area (Å²) in [7, 11) is 0. The second kappa shape index (κ2) is 18.3. The smallest absolute Gasteiger partial charge is 0.266 e. The van der Waals surface area contributed by atoms with Crippen LogP contribution in [0, 0.1) is 0 Å². The zero-order valence-corrected chi connectivity index (χ0v) is 32.1. The first-order chi connectivity index (χ1) is 27.8. The lowest BCUT2D eigenvalue weighted by atomic mass is 9.86. The van der Waals surface area contributed by atoms with Gasteiger partial charge in [-0.1, -0.05) is 72.8 Å². The minimum absolute atomic E-state index is 1.01. The molecule has 6 aromatic rings. The average Bonchev–Trinajstić information content (AvgIpc) is 3.29. The highest BCUT2D eigenvalue weighted by Crippen LogP contribution is 2.32. The maximum atomic E-state index is 2.30. The number of hydrogen-bond acceptors (Lipinski definition) is 0. The predicted molar refractivity (Wildman–Crippen MR) is 220 cm³/mol. The van der Waals surface area contributed by atoms with E-state index in [4.69, 9.17) is 0 Å². The number of quaternary nitrogens is 2. The fourth-order valence-electron chi connectivity index (χ4n) is 7.96. The van der Waals surface area contributed by atoms with Gasteiger partial charge in [-0.2, -0.15) is 18.3 Å². The number of fused-ring (bicyclic) bond motifs is 8. The molecule has 6 nitrogen and oxygen atoms in total. The Morgan fingerprint density at radius 3 is 1.29 bits per heavy atom. The van der Waals surface area contributed by atoms with Crippen molar-refractivity contribution >= 4 is 0 Å². The number of aromatic nitrogens is 4. The minimum Gasteiger partial charge on any atom is -0.266 e. The van der Waals surface area contributed by atoms with Crippen molar-refractivity contribution in [3.05, 3.63) is 230 Å². The van der Waals surface area contributed by atoms with Crippen LogP contribution in [-0.2, 0) is 39.0 Å². The van der Waals surface area contributed by atoms with Crippen molar-refractivity contribution in [2.75, 3.05) is 13.1 Å². The van der Waals surface area contributed by atoms with Crippen LogP contribution in [-0.4, -0.2) is 13.1 Å². The van der Waals surface area contributed by atoms with Crippen molar-refractivity contribution in [2.24, 2.45) is 0 Å². The summed E-state index contributed by atoms with van der Waals surface area (Å²) in [6, 6.07) is 42.4. The molecule has 0 saturated heterocycles. The van der Waals surface area contributed by atoms with E-state index in [-0.39, 0.29) is 0 Å². The van der Waals surface area contributed by atoms with Crippen molar-refractivity contribution < 1.29 is 28.1 Å². The molecule has 0 amide bonds. The third kappa shape index (κ3) is 8.95. The standard InChI is InChI=1S/C14H12.2C12H12N2.C12H14N2/c1-3-7-13-11(5-1)9-10-12-6-2-4-8-14(12)13;2*1-3-7-13-9-10-14-8-4-2-6-12(14)11(13)5-1;1-3-7-13(8-4-1)11-12-14-9-5-2-6-10-14/h3*1-8H,9-10H2;1-10H,11-12H2/q;;2*+2/p+2. The van der Waals surface area contributed by atoms with Crippen LogP contribution in [0.4, 0.5) is 0 Å². The minimum atomic E-state index is 1.01. The number of aryl methyl sites for hydroxylation is 6. The van der Waals surface area contributed by atoms with Crippen LogP contribution in [0.5, 0.6) is 0 Å². The largest absolute Gasteiger partial charge is 0.277 e. The molecule has 0 spiro atoms. The zero-order valence-electron chi connectivity index (χ0n) is 32.1. The predicted octanol–water partition coefficient (Wildman–Crippen LogP) is 4.50. The second-order valence-electron chi connectivity index (χ2n) is 14.4. The molecule has 2 aromatic carbocycles. The number of hydrogen-bond donors (Lipinski definition) is 2. The molecule has 0 fully saturated rings. The summed E-state index contributed by atoms with van der Waals surface area (Å²) in [5, 5.41) is 0. The molecule has 276 valence electrons. The van der Waals surface area contributed by atoms with Gasteiger partial charge in [-0.05, 0) is 59.4 Å². The van der Waals surface area contributed by atoms with Gasteiger partial charge < -0.3 is 0 Å². The Balaban J connectivity index is 0.000000105. The Kier molecular flexibility index (Phi) is 12.0. The fraction of sp³-hybridized carbons (Fsp3) is 0.160. The SMILES string of the molecule is C1=CC2=C3C=CC=C[NH+]3CC[NH+]2C=C1.c1cc[n+](CC[n+]2ccccc2)cc1.c1cc[n+]2c(c1)-c1cccc[n+]1CC2.c1ccc2c(c1)CCc1ccccc1-2. The molecule has 56 heavy (non-hydrogen) atoms.